The molecule has 0 unspecified atom stereocenters. The Morgan fingerprint density at radius 1 is 0.812 bits per heavy atom. The minimum absolute atomic E-state index is 0.0174. The number of fused-ring (bicyclic) bond motifs is 1. The summed E-state index contributed by atoms with van der Waals surface area (Å²) in [5, 5.41) is 9.58. The van der Waals surface area contributed by atoms with Gasteiger partial charge in [0.15, 0.2) is 5.75 Å². The van der Waals surface area contributed by atoms with Crippen molar-refractivity contribution < 1.29 is 60.6 Å². The van der Waals surface area contributed by atoms with Crippen LogP contribution in [0.4, 0.5) is 23.0 Å². The van der Waals surface area contributed by atoms with Gasteiger partial charge in [0.25, 0.3) is 11.8 Å². The van der Waals surface area contributed by atoms with E-state index in [0.29, 0.717) is 22.5 Å². The third-order valence-corrected chi connectivity index (χ3v) is 10.6. The van der Waals surface area contributed by atoms with Gasteiger partial charge in [-0.1, -0.05) is 32.9 Å². The highest BCUT2D eigenvalue weighted by Gasteiger charge is 2.24. The van der Waals surface area contributed by atoms with Gasteiger partial charge in [0.05, 0.1) is 77.5 Å². The van der Waals surface area contributed by atoms with Crippen molar-refractivity contribution in [1.29, 1.82) is 0 Å². The minimum Gasteiger partial charge on any atom is -0.496 e. The second kappa shape index (κ2) is 21.2. The molecule has 0 spiro atoms. The maximum atomic E-state index is 13.8. The maximum Gasteiger partial charge on any atom is 0.469 e. The van der Waals surface area contributed by atoms with E-state index in [1.54, 1.807) is 42.6 Å². The molecule has 0 aliphatic heterocycles. The number of nitrogens with one attached hydrogen (secondary N) is 4. The van der Waals surface area contributed by atoms with Gasteiger partial charge in [-0.2, -0.15) is 0 Å². The fraction of sp³-hybridized carbons (Fsp3) is 0.349. The molecule has 0 bridgehead atoms. The van der Waals surface area contributed by atoms with Gasteiger partial charge >= 0.3 is 7.82 Å². The lowest BCUT2D eigenvalue weighted by molar-refractivity contribution is 0.0328. The van der Waals surface area contributed by atoms with E-state index in [1.165, 1.54) is 21.3 Å². The Kier molecular flexibility index (Phi) is 16.3. The second-order valence-electron chi connectivity index (χ2n) is 15.4. The zero-order valence-corrected chi connectivity index (χ0v) is 38.4. The van der Waals surface area contributed by atoms with Crippen LogP contribution in [0.2, 0.25) is 0 Å². The van der Waals surface area contributed by atoms with Gasteiger partial charge in [0.2, 0.25) is 16.0 Å². The molecule has 4 aromatic carbocycles. The van der Waals surface area contributed by atoms with Crippen LogP contribution >= 0.6 is 7.82 Å². The number of nitrogens with zero attached hydrogens (tertiary/aromatic N) is 2. The van der Waals surface area contributed by atoms with Crippen molar-refractivity contribution in [2.45, 2.75) is 33.1 Å². The van der Waals surface area contributed by atoms with E-state index < -0.39 is 29.7 Å². The molecule has 5 aromatic rings. The Balaban J connectivity index is 1.27. The first kappa shape index (κ1) is 49.2. The van der Waals surface area contributed by atoms with Crippen molar-refractivity contribution >= 4 is 63.6 Å². The molecule has 0 atom stereocenters. The fourth-order valence-corrected chi connectivity index (χ4v) is 7.24. The highest BCUT2D eigenvalue weighted by atomic mass is 32.2. The summed E-state index contributed by atoms with van der Waals surface area (Å²) in [6.07, 6.45) is 2.72. The van der Waals surface area contributed by atoms with Gasteiger partial charge in [0.1, 0.15) is 17.1 Å². The first-order valence-electron chi connectivity index (χ1n) is 19.8. The normalized spacial score (nSPS) is 11.8. The van der Waals surface area contributed by atoms with Crippen molar-refractivity contribution in [1.82, 2.24) is 15.3 Å². The molecule has 0 saturated carbocycles. The Labute approximate surface area is 371 Å². The number of ether oxygens (including phenoxy) is 5. The summed E-state index contributed by atoms with van der Waals surface area (Å²) in [5.41, 5.74) is 5.14. The number of phosphoric acid groups is 1. The first-order chi connectivity index (χ1) is 30.2. The Hall–Kier alpha value is -5.86. The summed E-state index contributed by atoms with van der Waals surface area (Å²) < 4.78 is 69.2. The Morgan fingerprint density at radius 2 is 1.47 bits per heavy atom. The van der Waals surface area contributed by atoms with E-state index in [0.717, 1.165) is 33.9 Å². The van der Waals surface area contributed by atoms with Crippen molar-refractivity contribution in [3.8, 4) is 28.4 Å². The van der Waals surface area contributed by atoms with Gasteiger partial charge in [-0.05, 0) is 71.0 Å². The standard InChI is InChI=1S/C43H53N6O13PS/c1-26-9-10-28(40(50)47-34-21-30(43(2,3)4)22-35(39(34)59-7)49-64(8,55)56)20-32(26)27-11-12-33-29(19-27)25-45-42(48-33)46-31-23-36(57-5)38(37(24-31)58-6)41(51)44-13-14-60-15-16-61-17-18-62-63(52,53)54/h9-12,19-25,49H,13-18H2,1-8H3,(H,44,51)(H,47,50)(H,45,46,48)(H2,52,53,54). The average molecular weight is 925 g/mol. The second-order valence-corrected chi connectivity index (χ2v) is 18.4. The van der Waals surface area contributed by atoms with Gasteiger partial charge in [0, 0.05) is 41.5 Å². The SMILES string of the molecule is COc1cc(Nc2ncc3cc(-c4cc(C(=O)Nc5cc(C(C)(C)C)cc(NS(C)(=O)=O)c5OC)ccc4C)ccc3n2)cc(OC)c1C(=O)NCCOCCOCCOP(=O)(O)O. The summed E-state index contributed by atoms with van der Waals surface area (Å²) in [7, 11) is -3.93. The largest absolute Gasteiger partial charge is 0.496 e. The lowest BCUT2D eigenvalue weighted by Gasteiger charge is -2.24. The summed E-state index contributed by atoms with van der Waals surface area (Å²) in [4.78, 5) is 53.5. The smallest absolute Gasteiger partial charge is 0.469 e. The van der Waals surface area contributed by atoms with E-state index in [-0.39, 0.29) is 79.4 Å². The van der Waals surface area contributed by atoms with Crippen LogP contribution < -0.4 is 34.9 Å². The number of carbonyl (C=O) groups excluding carboxylic acids is 2. The number of phosphoric ester groups is 1. The number of carbonyl (C=O) groups is 2. The van der Waals surface area contributed by atoms with Gasteiger partial charge in [-0.15, -0.1) is 0 Å². The quantitative estimate of drug-likeness (QED) is 0.0355. The monoisotopic (exact) mass is 924 g/mol. The van der Waals surface area contributed by atoms with Crippen LogP contribution in [-0.2, 0) is 34.0 Å². The Bertz CT molecular complexity index is 2630. The van der Waals surface area contributed by atoms with Crippen LogP contribution in [0.3, 0.4) is 0 Å². The minimum atomic E-state index is -4.54. The zero-order valence-electron chi connectivity index (χ0n) is 36.7. The van der Waals surface area contributed by atoms with Crippen LogP contribution in [-0.4, -0.2) is 107 Å². The Morgan fingerprint density at radius 3 is 2.09 bits per heavy atom. The molecule has 2 amide bonds. The van der Waals surface area contributed by atoms with E-state index in [1.807, 2.05) is 52.0 Å². The van der Waals surface area contributed by atoms with Gasteiger partial charge < -0.3 is 49.4 Å². The van der Waals surface area contributed by atoms with Crippen LogP contribution in [0.1, 0.15) is 52.6 Å². The van der Waals surface area contributed by atoms with Crippen molar-refractivity contribution in [3.63, 3.8) is 0 Å². The molecule has 1 heterocycles. The van der Waals surface area contributed by atoms with Crippen LogP contribution in [0.25, 0.3) is 22.0 Å². The molecule has 1 aromatic heterocycles. The fourth-order valence-electron chi connectivity index (χ4n) is 6.38. The predicted molar refractivity (Wildman–Crippen MR) is 243 cm³/mol. The molecule has 0 radical (unpaired) electrons. The summed E-state index contributed by atoms with van der Waals surface area (Å²) in [6.45, 7) is 8.29. The number of hydrogen-bond donors (Lipinski definition) is 6. The highest BCUT2D eigenvalue weighted by Crippen LogP contribution is 2.40. The highest BCUT2D eigenvalue weighted by molar-refractivity contribution is 7.92. The third kappa shape index (κ3) is 13.6. The molecule has 0 aliphatic carbocycles. The number of benzene rings is 4. The van der Waals surface area contributed by atoms with E-state index in [4.69, 9.17) is 38.5 Å². The van der Waals surface area contributed by atoms with Crippen molar-refractivity contribution in [2.24, 2.45) is 0 Å². The number of amides is 2. The molecule has 0 saturated heterocycles. The lowest BCUT2D eigenvalue weighted by atomic mass is 9.86. The number of anilines is 4. The van der Waals surface area contributed by atoms with E-state index in [2.05, 4.69) is 30.2 Å². The molecule has 19 nitrogen and oxygen atoms in total. The van der Waals surface area contributed by atoms with Crippen molar-refractivity contribution in [2.75, 3.05) is 82.5 Å². The molecule has 21 heteroatoms. The van der Waals surface area contributed by atoms with E-state index >= 15 is 0 Å². The van der Waals surface area contributed by atoms with Crippen molar-refractivity contribution in [3.05, 3.63) is 89.1 Å². The topological polar surface area (TPSA) is 255 Å². The van der Waals surface area contributed by atoms with Crippen LogP contribution in [0.15, 0.2) is 66.9 Å². The maximum absolute atomic E-state index is 13.8. The zero-order chi connectivity index (χ0) is 46.8. The number of rotatable bonds is 21. The van der Waals surface area contributed by atoms with Gasteiger partial charge in [-0.3, -0.25) is 18.8 Å². The van der Waals surface area contributed by atoms with Crippen LogP contribution in [0, 0.1) is 6.92 Å². The molecular weight excluding hydrogens is 872 g/mol. The number of sulfonamides is 1. The molecule has 344 valence electrons. The number of methoxy groups -OCH3 is 3. The number of aromatic nitrogens is 2. The third-order valence-electron chi connectivity index (χ3n) is 9.47. The summed E-state index contributed by atoms with van der Waals surface area (Å²) in [5.74, 6) is 0.0287. The van der Waals surface area contributed by atoms with Gasteiger partial charge in [-0.25, -0.2) is 23.0 Å². The van der Waals surface area contributed by atoms with E-state index in [9.17, 15) is 22.6 Å². The molecule has 5 rings (SSSR count). The molecule has 6 N–H and O–H groups in total. The summed E-state index contributed by atoms with van der Waals surface area (Å²) >= 11 is 0. The summed E-state index contributed by atoms with van der Waals surface area (Å²) in [6, 6.07) is 17.7. The average Bonchev–Trinajstić information content (AvgIpc) is 3.22. The van der Waals surface area contributed by atoms with Crippen LogP contribution in [0.5, 0.6) is 17.2 Å². The number of aryl methyl sites for hydroxylation is 1. The molecule has 64 heavy (non-hydrogen) atoms. The first-order valence-corrected chi connectivity index (χ1v) is 23.2. The predicted octanol–water partition coefficient (Wildman–Crippen LogP) is 6.17. The molecular formula is C43H53N6O13PS. The number of hydrogen-bond acceptors (Lipinski definition) is 14. The lowest BCUT2D eigenvalue weighted by Crippen LogP contribution is -2.28. The molecule has 0 aliphatic rings. The molecule has 0 fully saturated rings.